The van der Waals surface area contributed by atoms with Crippen LogP contribution in [0.15, 0.2) is 36.4 Å². The number of carbonyl (C=O) groups is 1. The summed E-state index contributed by atoms with van der Waals surface area (Å²) >= 11 is 0. The summed E-state index contributed by atoms with van der Waals surface area (Å²) in [6.07, 6.45) is 8.74. The molecule has 0 saturated heterocycles. The Morgan fingerprint density at radius 3 is 2.53 bits per heavy atom. The van der Waals surface area contributed by atoms with Crippen molar-refractivity contribution in [2.45, 2.75) is 77.3 Å². The van der Waals surface area contributed by atoms with Crippen LogP contribution in [0.4, 0.5) is 10.5 Å². The minimum absolute atomic E-state index is 0.125. The number of methoxy groups -OCH3 is 1. The normalized spacial score (nSPS) is 19.2. The summed E-state index contributed by atoms with van der Waals surface area (Å²) in [4.78, 5) is 19.6. The number of benzene rings is 2. The van der Waals surface area contributed by atoms with Crippen LogP contribution in [0.2, 0.25) is 0 Å². The highest BCUT2D eigenvalue weighted by Gasteiger charge is 2.32. The number of aryl methyl sites for hydroxylation is 2. The van der Waals surface area contributed by atoms with Crippen LogP contribution in [-0.2, 0) is 17.6 Å². The van der Waals surface area contributed by atoms with E-state index in [1.165, 1.54) is 61.4 Å². The summed E-state index contributed by atoms with van der Waals surface area (Å²) in [6, 6.07) is 13.7. The van der Waals surface area contributed by atoms with Crippen molar-refractivity contribution >= 4 is 22.8 Å². The van der Waals surface area contributed by atoms with E-state index in [9.17, 15) is 4.79 Å². The summed E-state index contributed by atoms with van der Waals surface area (Å²) in [7, 11) is 1.46. The van der Waals surface area contributed by atoms with Crippen molar-refractivity contribution in [1.29, 1.82) is 0 Å². The Morgan fingerprint density at radius 2 is 1.81 bits per heavy atom. The first-order valence-corrected chi connectivity index (χ1v) is 12.0. The lowest BCUT2D eigenvalue weighted by Crippen LogP contribution is -2.42. The van der Waals surface area contributed by atoms with Gasteiger partial charge in [0, 0.05) is 24.1 Å². The van der Waals surface area contributed by atoms with Gasteiger partial charge >= 0.3 is 6.09 Å². The molecular weight excluding hydrogens is 398 g/mol. The van der Waals surface area contributed by atoms with Gasteiger partial charge in [0.1, 0.15) is 5.82 Å². The van der Waals surface area contributed by atoms with Gasteiger partial charge in [-0.1, -0.05) is 49.1 Å². The standard InChI is InChI=1S/C27H33N3O2/c1-18-9-12-20(13-10-18)17-25-28-26-22-14-11-19(2)29(27(31)32-3)23(22)15-16-24(26)30(25)21-7-5-4-6-8-21/h9-10,12-13,15-16,19,21H,4-8,11,14,17H2,1-3H3/t19-/m0/s1. The lowest BCUT2D eigenvalue weighted by molar-refractivity contribution is 0.175. The second kappa shape index (κ2) is 8.61. The number of ether oxygens (including phenoxy) is 1. The Kier molecular flexibility index (Phi) is 5.66. The molecule has 5 nitrogen and oxygen atoms in total. The topological polar surface area (TPSA) is 47.4 Å². The molecule has 2 aliphatic rings. The maximum Gasteiger partial charge on any atom is 0.414 e. The van der Waals surface area contributed by atoms with Gasteiger partial charge in [0.25, 0.3) is 0 Å². The Morgan fingerprint density at radius 1 is 1.06 bits per heavy atom. The van der Waals surface area contributed by atoms with Crippen molar-refractivity contribution in [2.75, 3.05) is 12.0 Å². The van der Waals surface area contributed by atoms with Crippen molar-refractivity contribution in [3.8, 4) is 0 Å². The zero-order valence-corrected chi connectivity index (χ0v) is 19.4. The average molecular weight is 432 g/mol. The summed E-state index contributed by atoms with van der Waals surface area (Å²) in [5, 5.41) is 0. The van der Waals surface area contributed by atoms with Gasteiger partial charge in [-0.25, -0.2) is 9.78 Å². The summed E-state index contributed by atoms with van der Waals surface area (Å²) < 4.78 is 7.63. The Labute approximate surface area is 190 Å². The number of rotatable bonds is 3. The third-order valence-electron chi connectivity index (χ3n) is 7.32. The van der Waals surface area contributed by atoms with E-state index in [-0.39, 0.29) is 12.1 Å². The highest BCUT2D eigenvalue weighted by Crippen LogP contribution is 2.39. The van der Waals surface area contributed by atoms with Gasteiger partial charge in [0.05, 0.1) is 23.8 Å². The molecule has 1 aromatic heterocycles. The molecule has 0 bridgehead atoms. The van der Waals surface area contributed by atoms with Gasteiger partial charge in [-0.3, -0.25) is 4.90 Å². The first-order chi connectivity index (χ1) is 15.6. The number of fused-ring (bicyclic) bond motifs is 3. The smallest absolute Gasteiger partial charge is 0.414 e. The lowest BCUT2D eigenvalue weighted by Gasteiger charge is -2.34. The molecule has 1 saturated carbocycles. The largest absolute Gasteiger partial charge is 0.452 e. The minimum Gasteiger partial charge on any atom is -0.452 e. The van der Waals surface area contributed by atoms with Crippen LogP contribution in [-0.4, -0.2) is 28.8 Å². The SMILES string of the molecule is COC(=O)N1c2ccc3c(nc(Cc4ccc(C)cc4)n3C3CCCCC3)c2CC[C@@H]1C. The molecule has 5 rings (SSSR count). The van der Waals surface area contributed by atoms with E-state index in [1.54, 1.807) is 4.90 Å². The minimum atomic E-state index is -0.288. The maximum absolute atomic E-state index is 12.5. The van der Waals surface area contributed by atoms with Crippen LogP contribution >= 0.6 is 0 Å². The van der Waals surface area contributed by atoms with E-state index in [2.05, 4.69) is 54.8 Å². The van der Waals surface area contributed by atoms with E-state index < -0.39 is 0 Å². The predicted molar refractivity (Wildman–Crippen MR) is 129 cm³/mol. The van der Waals surface area contributed by atoms with E-state index in [4.69, 9.17) is 9.72 Å². The number of anilines is 1. The molecule has 1 aliphatic carbocycles. The molecule has 32 heavy (non-hydrogen) atoms. The fraction of sp³-hybridized carbons (Fsp3) is 0.481. The zero-order chi connectivity index (χ0) is 22.2. The number of aromatic nitrogens is 2. The molecule has 2 heterocycles. The molecule has 5 heteroatoms. The van der Waals surface area contributed by atoms with Gasteiger partial charge in [0.2, 0.25) is 0 Å². The molecular formula is C27H33N3O2. The highest BCUT2D eigenvalue weighted by molar-refractivity contribution is 5.95. The van der Waals surface area contributed by atoms with Gasteiger partial charge in [-0.15, -0.1) is 0 Å². The Bertz CT molecular complexity index is 1130. The van der Waals surface area contributed by atoms with Crippen LogP contribution in [0.25, 0.3) is 11.0 Å². The van der Waals surface area contributed by atoms with Crippen molar-refractivity contribution in [3.63, 3.8) is 0 Å². The molecule has 0 spiro atoms. The monoisotopic (exact) mass is 431 g/mol. The van der Waals surface area contributed by atoms with E-state index in [1.807, 2.05) is 0 Å². The number of hydrogen-bond donors (Lipinski definition) is 0. The first kappa shape index (κ1) is 21.0. The second-order valence-electron chi connectivity index (χ2n) is 9.51. The molecule has 1 fully saturated rings. The number of imidazole rings is 1. The van der Waals surface area contributed by atoms with Gasteiger partial charge in [-0.2, -0.15) is 0 Å². The van der Waals surface area contributed by atoms with Crippen molar-refractivity contribution in [3.05, 3.63) is 58.9 Å². The van der Waals surface area contributed by atoms with Crippen LogP contribution in [0.1, 0.15) is 74.0 Å². The third kappa shape index (κ3) is 3.68. The predicted octanol–water partition coefficient (Wildman–Crippen LogP) is 6.35. The highest BCUT2D eigenvalue weighted by atomic mass is 16.5. The van der Waals surface area contributed by atoms with Gasteiger partial charge in [0.15, 0.2) is 0 Å². The van der Waals surface area contributed by atoms with E-state index >= 15 is 0 Å². The van der Waals surface area contributed by atoms with Gasteiger partial charge < -0.3 is 9.30 Å². The summed E-state index contributed by atoms with van der Waals surface area (Å²) in [5.41, 5.74) is 7.00. The maximum atomic E-state index is 12.5. The van der Waals surface area contributed by atoms with E-state index in [0.29, 0.717) is 6.04 Å². The van der Waals surface area contributed by atoms with Crippen molar-refractivity contribution in [2.24, 2.45) is 0 Å². The molecule has 2 aromatic carbocycles. The van der Waals surface area contributed by atoms with Gasteiger partial charge in [-0.05, 0) is 57.2 Å². The van der Waals surface area contributed by atoms with Crippen molar-refractivity contribution in [1.82, 2.24) is 9.55 Å². The number of hydrogen-bond acceptors (Lipinski definition) is 3. The number of amides is 1. The van der Waals surface area contributed by atoms with Crippen LogP contribution < -0.4 is 4.90 Å². The van der Waals surface area contributed by atoms with Crippen LogP contribution in [0.5, 0.6) is 0 Å². The molecule has 0 radical (unpaired) electrons. The van der Waals surface area contributed by atoms with E-state index in [0.717, 1.165) is 36.3 Å². The summed E-state index contributed by atoms with van der Waals surface area (Å²) in [5.74, 6) is 1.15. The van der Waals surface area contributed by atoms with Crippen LogP contribution in [0, 0.1) is 6.92 Å². The lowest BCUT2D eigenvalue weighted by atomic mass is 9.94. The molecule has 0 N–H and O–H groups in total. The Hall–Kier alpha value is -2.82. The summed E-state index contributed by atoms with van der Waals surface area (Å²) in [6.45, 7) is 4.22. The Balaban J connectivity index is 1.65. The van der Waals surface area contributed by atoms with Crippen LogP contribution in [0.3, 0.4) is 0 Å². The molecule has 0 unspecified atom stereocenters. The fourth-order valence-corrected chi connectivity index (χ4v) is 5.58. The molecule has 1 aliphatic heterocycles. The quantitative estimate of drug-likeness (QED) is 0.485. The molecule has 168 valence electrons. The van der Waals surface area contributed by atoms with Crippen molar-refractivity contribution < 1.29 is 9.53 Å². The number of nitrogens with zero attached hydrogens (tertiary/aromatic N) is 3. The molecule has 1 amide bonds. The third-order valence-corrected chi connectivity index (χ3v) is 7.32. The second-order valence-corrected chi connectivity index (χ2v) is 9.51. The zero-order valence-electron chi connectivity index (χ0n) is 19.4. The fourth-order valence-electron chi connectivity index (χ4n) is 5.58. The average Bonchev–Trinajstić information content (AvgIpc) is 3.18. The number of carbonyl (C=O) groups excluding carboxylic acids is 1. The first-order valence-electron chi connectivity index (χ1n) is 12.0. The molecule has 3 aromatic rings. The molecule has 1 atom stereocenters.